The number of nitrogens with zero attached hydrogens (tertiary/aromatic N) is 1. The molecule has 1 fully saturated rings. The minimum atomic E-state index is -1.33. The van der Waals surface area contributed by atoms with Gasteiger partial charge in [0.2, 0.25) is 0 Å². The molecular formula is C12H13ClN2O3. The summed E-state index contributed by atoms with van der Waals surface area (Å²) < 4.78 is 0. The van der Waals surface area contributed by atoms with E-state index in [0.717, 1.165) is 0 Å². The highest BCUT2D eigenvalue weighted by Gasteiger charge is 2.43. The summed E-state index contributed by atoms with van der Waals surface area (Å²) in [7, 11) is 0. The van der Waals surface area contributed by atoms with Gasteiger partial charge in [0.05, 0.1) is 0 Å². The molecule has 0 radical (unpaired) electrons. The molecule has 0 spiro atoms. The van der Waals surface area contributed by atoms with Crippen LogP contribution in [0.5, 0.6) is 0 Å². The molecule has 1 aliphatic heterocycles. The summed E-state index contributed by atoms with van der Waals surface area (Å²) in [6, 6.07) is 6.47. The summed E-state index contributed by atoms with van der Waals surface area (Å²) in [5, 5.41) is 9.55. The van der Waals surface area contributed by atoms with Crippen LogP contribution in [0, 0.1) is 0 Å². The van der Waals surface area contributed by atoms with Crippen LogP contribution in [0.1, 0.15) is 16.8 Å². The predicted molar refractivity (Wildman–Crippen MR) is 66.5 cm³/mol. The Kier molecular flexibility index (Phi) is 3.28. The van der Waals surface area contributed by atoms with Crippen LogP contribution in [0.15, 0.2) is 24.3 Å². The second-order valence-corrected chi connectivity index (χ2v) is 4.88. The standard InChI is InChI=1S/C12H13ClN2O3/c13-9-3-1-8(2-4-9)10(16)15-6-5-12(14,7-15)11(17)18/h1-4H,5-7,14H2,(H,17,18). The molecule has 1 heterocycles. The van der Waals surface area contributed by atoms with Crippen LogP contribution in [0.4, 0.5) is 0 Å². The summed E-state index contributed by atoms with van der Waals surface area (Å²) in [5.74, 6) is -1.30. The topological polar surface area (TPSA) is 83.6 Å². The van der Waals surface area contributed by atoms with E-state index in [1.165, 1.54) is 4.90 Å². The summed E-state index contributed by atoms with van der Waals surface area (Å²) in [6.45, 7) is 0.383. The SMILES string of the molecule is NC1(C(=O)O)CCN(C(=O)c2ccc(Cl)cc2)C1. The third kappa shape index (κ3) is 2.32. The normalized spacial score (nSPS) is 23.1. The van der Waals surface area contributed by atoms with Gasteiger partial charge in [0, 0.05) is 23.7 Å². The van der Waals surface area contributed by atoms with Gasteiger partial charge in [0.15, 0.2) is 0 Å². The molecule has 6 heteroatoms. The first kappa shape index (κ1) is 12.9. The molecule has 1 unspecified atom stereocenters. The number of amides is 1. The number of carboxylic acids is 1. The van der Waals surface area contributed by atoms with Crippen LogP contribution in [0.2, 0.25) is 5.02 Å². The maximum absolute atomic E-state index is 12.1. The van der Waals surface area contributed by atoms with Crippen LogP contribution < -0.4 is 5.73 Å². The van der Waals surface area contributed by atoms with E-state index in [2.05, 4.69) is 0 Å². The average Bonchev–Trinajstić information content (AvgIpc) is 2.73. The zero-order chi connectivity index (χ0) is 13.3. The second-order valence-electron chi connectivity index (χ2n) is 4.44. The van der Waals surface area contributed by atoms with Crippen molar-refractivity contribution in [2.45, 2.75) is 12.0 Å². The Morgan fingerprint density at radius 2 is 1.94 bits per heavy atom. The van der Waals surface area contributed by atoms with E-state index < -0.39 is 11.5 Å². The lowest BCUT2D eigenvalue weighted by atomic mass is 10.0. The Morgan fingerprint density at radius 3 is 2.44 bits per heavy atom. The Hall–Kier alpha value is -1.59. The lowest BCUT2D eigenvalue weighted by molar-refractivity contribution is -0.142. The van der Waals surface area contributed by atoms with Crippen LogP contribution in [-0.2, 0) is 4.79 Å². The summed E-state index contributed by atoms with van der Waals surface area (Å²) in [4.78, 5) is 24.6. The van der Waals surface area contributed by atoms with Crippen molar-refractivity contribution in [3.63, 3.8) is 0 Å². The van der Waals surface area contributed by atoms with Gasteiger partial charge in [-0.3, -0.25) is 9.59 Å². The number of carbonyl (C=O) groups excluding carboxylic acids is 1. The monoisotopic (exact) mass is 268 g/mol. The van der Waals surface area contributed by atoms with Crippen molar-refractivity contribution in [3.05, 3.63) is 34.9 Å². The number of aliphatic carboxylic acids is 1. The lowest BCUT2D eigenvalue weighted by Crippen LogP contribution is -2.50. The largest absolute Gasteiger partial charge is 0.480 e. The number of nitrogens with two attached hydrogens (primary N) is 1. The zero-order valence-electron chi connectivity index (χ0n) is 9.60. The van der Waals surface area contributed by atoms with E-state index in [9.17, 15) is 9.59 Å². The molecule has 1 aromatic rings. The summed E-state index contributed by atoms with van der Waals surface area (Å²) in [6.07, 6.45) is 0.266. The van der Waals surface area contributed by atoms with Gasteiger partial charge < -0.3 is 15.7 Å². The number of carbonyl (C=O) groups is 2. The third-order valence-electron chi connectivity index (χ3n) is 3.11. The Morgan fingerprint density at radius 1 is 1.33 bits per heavy atom. The fourth-order valence-electron chi connectivity index (χ4n) is 1.96. The molecule has 0 aromatic heterocycles. The highest BCUT2D eigenvalue weighted by atomic mass is 35.5. The van der Waals surface area contributed by atoms with Crippen LogP contribution in [0.25, 0.3) is 0 Å². The minimum absolute atomic E-state index is 0.0315. The molecule has 0 aliphatic carbocycles. The third-order valence-corrected chi connectivity index (χ3v) is 3.36. The van der Waals surface area contributed by atoms with Crippen molar-refractivity contribution in [3.8, 4) is 0 Å². The van der Waals surface area contributed by atoms with E-state index in [4.69, 9.17) is 22.4 Å². The summed E-state index contributed by atoms with van der Waals surface area (Å²) in [5.41, 5.74) is 4.87. The minimum Gasteiger partial charge on any atom is -0.480 e. The number of halogens is 1. The zero-order valence-corrected chi connectivity index (χ0v) is 10.4. The average molecular weight is 269 g/mol. The Bertz CT molecular complexity index is 489. The maximum atomic E-state index is 12.1. The molecule has 5 nitrogen and oxygen atoms in total. The van der Waals surface area contributed by atoms with Gasteiger partial charge in [-0.1, -0.05) is 11.6 Å². The fraction of sp³-hybridized carbons (Fsp3) is 0.333. The first-order valence-electron chi connectivity index (χ1n) is 5.49. The van der Waals surface area contributed by atoms with E-state index in [1.54, 1.807) is 24.3 Å². The van der Waals surface area contributed by atoms with Gasteiger partial charge in [0.25, 0.3) is 5.91 Å². The molecule has 2 rings (SSSR count). The number of benzene rings is 1. The number of hydrogen-bond donors (Lipinski definition) is 2. The van der Waals surface area contributed by atoms with Gasteiger partial charge in [0.1, 0.15) is 5.54 Å². The molecule has 0 saturated carbocycles. The number of likely N-dealkylation sites (tertiary alicyclic amines) is 1. The fourth-order valence-corrected chi connectivity index (χ4v) is 2.08. The molecule has 18 heavy (non-hydrogen) atoms. The molecule has 3 N–H and O–H groups in total. The quantitative estimate of drug-likeness (QED) is 0.837. The van der Waals surface area contributed by atoms with E-state index in [0.29, 0.717) is 17.1 Å². The lowest BCUT2D eigenvalue weighted by Gasteiger charge is -2.20. The second kappa shape index (κ2) is 4.59. The van der Waals surface area contributed by atoms with Crippen molar-refractivity contribution in [1.29, 1.82) is 0 Å². The molecule has 1 atom stereocenters. The number of hydrogen-bond acceptors (Lipinski definition) is 3. The molecule has 1 amide bonds. The molecule has 0 bridgehead atoms. The van der Waals surface area contributed by atoms with Crippen LogP contribution in [0.3, 0.4) is 0 Å². The molecule has 1 aliphatic rings. The summed E-state index contributed by atoms with van der Waals surface area (Å²) >= 11 is 5.74. The van der Waals surface area contributed by atoms with Gasteiger partial charge in [-0.2, -0.15) is 0 Å². The van der Waals surface area contributed by atoms with Crippen molar-refractivity contribution in [2.24, 2.45) is 5.73 Å². The first-order valence-corrected chi connectivity index (χ1v) is 5.87. The van der Waals surface area contributed by atoms with Gasteiger partial charge in [-0.25, -0.2) is 0 Å². The Balaban J connectivity index is 2.12. The van der Waals surface area contributed by atoms with Crippen LogP contribution >= 0.6 is 11.6 Å². The predicted octanol–water partition coefficient (Wildman–Crippen LogP) is 0.968. The van der Waals surface area contributed by atoms with Gasteiger partial charge in [-0.05, 0) is 30.7 Å². The molecule has 1 aromatic carbocycles. The van der Waals surface area contributed by atoms with Crippen molar-refractivity contribution < 1.29 is 14.7 Å². The molecular weight excluding hydrogens is 256 g/mol. The van der Waals surface area contributed by atoms with E-state index in [1.807, 2.05) is 0 Å². The van der Waals surface area contributed by atoms with Crippen molar-refractivity contribution in [2.75, 3.05) is 13.1 Å². The number of rotatable bonds is 2. The highest BCUT2D eigenvalue weighted by Crippen LogP contribution is 2.21. The van der Waals surface area contributed by atoms with Crippen molar-refractivity contribution in [1.82, 2.24) is 4.90 Å². The van der Waals surface area contributed by atoms with E-state index >= 15 is 0 Å². The molecule has 1 saturated heterocycles. The van der Waals surface area contributed by atoms with Crippen molar-refractivity contribution >= 4 is 23.5 Å². The van der Waals surface area contributed by atoms with Crippen LogP contribution in [-0.4, -0.2) is 40.5 Å². The molecule has 96 valence electrons. The smallest absolute Gasteiger partial charge is 0.325 e. The van der Waals surface area contributed by atoms with E-state index in [-0.39, 0.29) is 18.9 Å². The first-order chi connectivity index (χ1) is 8.42. The maximum Gasteiger partial charge on any atom is 0.325 e. The van der Waals surface area contributed by atoms with Gasteiger partial charge >= 0.3 is 5.97 Å². The highest BCUT2D eigenvalue weighted by molar-refractivity contribution is 6.30. The number of carboxylic acid groups (broad SMARTS) is 1. The Labute approximate surface area is 109 Å². The van der Waals surface area contributed by atoms with Gasteiger partial charge in [-0.15, -0.1) is 0 Å².